The number of rotatable bonds is 5. The molecule has 0 fully saturated rings. The number of hydrogen-bond acceptors (Lipinski definition) is 2. The molecule has 14 heavy (non-hydrogen) atoms. The van der Waals surface area contributed by atoms with E-state index in [2.05, 4.69) is 10.6 Å². The highest BCUT2D eigenvalue weighted by Crippen LogP contribution is 2.18. The van der Waals surface area contributed by atoms with Crippen LogP contribution < -0.4 is 10.6 Å². The predicted molar refractivity (Wildman–Crippen MR) is 46.8 cm³/mol. The number of carbonyl (C=O) groups excluding carboxylic acids is 1. The molecule has 0 bridgehead atoms. The van der Waals surface area contributed by atoms with Crippen LogP contribution in [-0.2, 0) is 4.79 Å². The molecule has 84 valence electrons. The van der Waals surface area contributed by atoms with Crippen molar-refractivity contribution in [3.05, 3.63) is 0 Å². The van der Waals surface area contributed by atoms with Crippen LogP contribution in [-0.4, -0.2) is 31.2 Å². The molecule has 1 amide bonds. The average molecular weight is 212 g/mol. The van der Waals surface area contributed by atoms with Gasteiger partial charge in [-0.2, -0.15) is 13.2 Å². The summed E-state index contributed by atoms with van der Waals surface area (Å²) in [6.07, 6.45) is -5.09. The second kappa shape index (κ2) is 5.85. The van der Waals surface area contributed by atoms with E-state index < -0.39 is 18.6 Å². The van der Waals surface area contributed by atoms with Gasteiger partial charge in [0.15, 0.2) is 0 Å². The molecule has 0 rings (SSSR count). The van der Waals surface area contributed by atoms with Gasteiger partial charge in [-0.25, -0.2) is 0 Å². The quantitative estimate of drug-likeness (QED) is 0.715. The lowest BCUT2D eigenvalue weighted by Gasteiger charge is -2.13. The number of likely N-dealkylation sites (N-methyl/N-ethyl adjacent to an activating group) is 1. The van der Waals surface area contributed by atoms with E-state index in [4.69, 9.17) is 0 Å². The Hall–Kier alpha value is -0.780. The number of carbonyl (C=O) groups is 1. The highest BCUT2D eigenvalue weighted by molar-refractivity contribution is 5.81. The van der Waals surface area contributed by atoms with Crippen molar-refractivity contribution >= 4 is 5.91 Å². The van der Waals surface area contributed by atoms with Crippen molar-refractivity contribution < 1.29 is 18.0 Å². The van der Waals surface area contributed by atoms with Crippen LogP contribution in [0.2, 0.25) is 0 Å². The maximum atomic E-state index is 11.7. The van der Waals surface area contributed by atoms with E-state index in [1.807, 2.05) is 0 Å². The lowest BCUT2D eigenvalue weighted by Crippen LogP contribution is -2.43. The van der Waals surface area contributed by atoms with E-state index in [1.165, 1.54) is 6.92 Å². The Morgan fingerprint density at radius 2 is 2.00 bits per heavy atom. The van der Waals surface area contributed by atoms with E-state index in [-0.39, 0.29) is 12.5 Å². The first-order valence-electron chi connectivity index (χ1n) is 4.44. The first-order valence-corrected chi connectivity index (χ1v) is 4.44. The third kappa shape index (κ3) is 6.71. The van der Waals surface area contributed by atoms with Gasteiger partial charge in [0.2, 0.25) is 5.91 Å². The number of halogens is 3. The van der Waals surface area contributed by atoms with Crippen molar-refractivity contribution in [1.29, 1.82) is 0 Å². The van der Waals surface area contributed by atoms with E-state index in [1.54, 1.807) is 6.92 Å². The van der Waals surface area contributed by atoms with Crippen LogP contribution in [0.25, 0.3) is 0 Å². The van der Waals surface area contributed by atoms with Gasteiger partial charge in [0.05, 0.1) is 12.5 Å². The monoisotopic (exact) mass is 212 g/mol. The van der Waals surface area contributed by atoms with Gasteiger partial charge in [-0.3, -0.25) is 4.79 Å². The van der Waals surface area contributed by atoms with Crippen LogP contribution in [0.1, 0.15) is 20.3 Å². The minimum absolute atomic E-state index is 0.234. The normalized spacial score (nSPS) is 13.8. The summed E-state index contributed by atoms with van der Waals surface area (Å²) in [6.45, 7) is 3.52. The molecule has 0 saturated heterocycles. The molecule has 0 aromatic heterocycles. The third-order valence-corrected chi connectivity index (χ3v) is 1.60. The Balaban J connectivity index is 3.63. The Morgan fingerprint density at radius 3 is 2.43 bits per heavy atom. The summed E-state index contributed by atoms with van der Waals surface area (Å²) in [5.41, 5.74) is 0. The molecule has 0 aliphatic rings. The summed E-state index contributed by atoms with van der Waals surface area (Å²) in [6, 6.07) is -0.586. The fraction of sp³-hybridized carbons (Fsp3) is 0.875. The van der Waals surface area contributed by atoms with Crippen molar-refractivity contribution in [2.75, 3.05) is 13.1 Å². The highest BCUT2D eigenvalue weighted by Gasteiger charge is 2.26. The summed E-state index contributed by atoms with van der Waals surface area (Å²) < 4.78 is 35.1. The molecule has 0 saturated carbocycles. The molecule has 2 N–H and O–H groups in total. The fourth-order valence-corrected chi connectivity index (χ4v) is 0.850. The molecular weight excluding hydrogens is 197 g/mol. The maximum absolute atomic E-state index is 11.7. The molecule has 1 atom stereocenters. The second-order valence-corrected chi connectivity index (χ2v) is 2.94. The van der Waals surface area contributed by atoms with Crippen LogP contribution in [0.15, 0.2) is 0 Å². The minimum Gasteiger partial charge on any atom is -0.355 e. The second-order valence-electron chi connectivity index (χ2n) is 2.94. The molecular formula is C8H15F3N2O. The Bertz CT molecular complexity index is 182. The molecule has 0 radical (unpaired) electrons. The molecule has 0 aliphatic heterocycles. The van der Waals surface area contributed by atoms with E-state index >= 15 is 0 Å². The lowest BCUT2D eigenvalue weighted by molar-refractivity contribution is -0.135. The topological polar surface area (TPSA) is 41.1 Å². The van der Waals surface area contributed by atoms with Gasteiger partial charge in [0, 0.05) is 13.1 Å². The van der Waals surface area contributed by atoms with Gasteiger partial charge < -0.3 is 10.6 Å². The van der Waals surface area contributed by atoms with Crippen molar-refractivity contribution in [3.8, 4) is 0 Å². The molecule has 1 unspecified atom stereocenters. The van der Waals surface area contributed by atoms with Crippen LogP contribution in [0, 0.1) is 0 Å². The average Bonchev–Trinajstić information content (AvgIpc) is 2.02. The molecule has 0 heterocycles. The lowest BCUT2D eigenvalue weighted by atomic mass is 10.3. The SMILES string of the molecule is CCNC(=O)C(C)NCCC(F)(F)F. The minimum atomic E-state index is -4.17. The van der Waals surface area contributed by atoms with Crippen molar-refractivity contribution in [1.82, 2.24) is 10.6 Å². The fourth-order valence-electron chi connectivity index (χ4n) is 0.850. The van der Waals surface area contributed by atoms with Gasteiger partial charge in [-0.1, -0.05) is 0 Å². The highest BCUT2D eigenvalue weighted by atomic mass is 19.4. The van der Waals surface area contributed by atoms with Crippen LogP contribution in [0.4, 0.5) is 13.2 Å². The zero-order valence-electron chi connectivity index (χ0n) is 8.24. The molecule has 6 heteroatoms. The van der Waals surface area contributed by atoms with Gasteiger partial charge >= 0.3 is 6.18 Å². The predicted octanol–water partition coefficient (Wildman–Crippen LogP) is 1.05. The van der Waals surface area contributed by atoms with E-state index in [0.717, 1.165) is 0 Å². The maximum Gasteiger partial charge on any atom is 0.390 e. The summed E-state index contributed by atoms with van der Waals surface area (Å²) in [7, 11) is 0. The molecule has 0 aliphatic carbocycles. The number of nitrogens with one attached hydrogen (secondary N) is 2. The van der Waals surface area contributed by atoms with Gasteiger partial charge in [-0.15, -0.1) is 0 Å². The van der Waals surface area contributed by atoms with Crippen molar-refractivity contribution in [2.24, 2.45) is 0 Å². The van der Waals surface area contributed by atoms with Crippen LogP contribution in [0.3, 0.4) is 0 Å². The summed E-state index contributed by atoms with van der Waals surface area (Å²) in [5, 5.41) is 5.00. The Kier molecular flexibility index (Phi) is 5.52. The number of hydrogen-bond donors (Lipinski definition) is 2. The molecule has 3 nitrogen and oxygen atoms in total. The summed E-state index contributed by atoms with van der Waals surface area (Å²) in [4.78, 5) is 11.0. The number of alkyl halides is 3. The van der Waals surface area contributed by atoms with Crippen molar-refractivity contribution in [2.45, 2.75) is 32.5 Å². The zero-order valence-corrected chi connectivity index (χ0v) is 8.24. The van der Waals surface area contributed by atoms with Crippen molar-refractivity contribution in [3.63, 3.8) is 0 Å². The van der Waals surface area contributed by atoms with Gasteiger partial charge in [0.1, 0.15) is 0 Å². The van der Waals surface area contributed by atoms with Crippen LogP contribution in [0.5, 0.6) is 0 Å². The van der Waals surface area contributed by atoms with Gasteiger partial charge in [-0.05, 0) is 13.8 Å². The van der Waals surface area contributed by atoms with E-state index in [9.17, 15) is 18.0 Å². The van der Waals surface area contributed by atoms with Crippen LogP contribution >= 0.6 is 0 Å². The first-order chi connectivity index (χ1) is 6.37. The molecule has 0 spiro atoms. The summed E-state index contributed by atoms with van der Waals surface area (Å²) >= 11 is 0. The Labute approximate surface area is 81.1 Å². The molecule has 0 aromatic rings. The first kappa shape index (κ1) is 13.2. The Morgan fingerprint density at radius 1 is 1.43 bits per heavy atom. The largest absolute Gasteiger partial charge is 0.390 e. The molecule has 0 aromatic carbocycles. The standard InChI is InChI=1S/C8H15F3N2O/c1-3-12-7(14)6(2)13-5-4-8(9,10)11/h6,13H,3-5H2,1-2H3,(H,12,14). The smallest absolute Gasteiger partial charge is 0.355 e. The number of amides is 1. The zero-order chi connectivity index (χ0) is 11.2. The third-order valence-electron chi connectivity index (χ3n) is 1.60. The summed E-state index contributed by atoms with van der Waals surface area (Å²) in [5.74, 6) is -0.283. The van der Waals surface area contributed by atoms with Gasteiger partial charge in [0.25, 0.3) is 0 Å². The van der Waals surface area contributed by atoms with E-state index in [0.29, 0.717) is 6.54 Å².